The number of hydrogen-bond acceptors (Lipinski definition) is 1. The van der Waals surface area contributed by atoms with Crippen LogP contribution in [-0.2, 0) is 0 Å². The lowest BCUT2D eigenvalue weighted by molar-refractivity contribution is 1.18. The van der Waals surface area contributed by atoms with Crippen molar-refractivity contribution in [3.8, 4) is 0 Å². The van der Waals surface area contributed by atoms with Gasteiger partial charge in [0.2, 0.25) is 0 Å². The fraction of sp³-hybridized carbons (Fsp3) is 0. The van der Waals surface area contributed by atoms with Gasteiger partial charge in [-0.1, -0.05) is 18.2 Å². The summed E-state index contributed by atoms with van der Waals surface area (Å²) in [7, 11) is 0. The third-order valence-electron chi connectivity index (χ3n) is 1.79. The number of rotatable bonds is 0. The highest BCUT2D eigenvalue weighted by molar-refractivity contribution is 14.1. The predicted octanol–water partition coefficient (Wildman–Crippen LogP) is 1.67. The van der Waals surface area contributed by atoms with Gasteiger partial charge in [0.15, 0.2) is 0 Å². The Kier molecular flexibility index (Phi) is 2.29. The highest BCUT2D eigenvalue weighted by atomic mass is 127. The van der Waals surface area contributed by atoms with Crippen LogP contribution in [0.25, 0.3) is 5.03 Å². The van der Waals surface area contributed by atoms with Crippen LogP contribution in [0.4, 0.5) is 0 Å². The van der Waals surface area contributed by atoms with Crippen LogP contribution in [0, 0.1) is 3.57 Å². The Bertz CT molecular complexity index is 510. The van der Waals surface area contributed by atoms with Crippen LogP contribution in [0.1, 0.15) is 0 Å². The van der Waals surface area contributed by atoms with Crippen molar-refractivity contribution in [2.75, 3.05) is 0 Å². The average Bonchev–Trinajstić information content (AvgIpc) is 2.39. The van der Waals surface area contributed by atoms with Gasteiger partial charge in [0.05, 0.1) is 10.3 Å². The van der Waals surface area contributed by atoms with E-state index in [1.807, 2.05) is 6.20 Å². The van der Waals surface area contributed by atoms with E-state index in [-0.39, 0.29) is 0 Å². The number of aromatic amines is 1. The molecule has 0 saturated carbocycles. The van der Waals surface area contributed by atoms with Gasteiger partial charge in [-0.05, 0) is 34.2 Å². The van der Waals surface area contributed by atoms with E-state index < -0.39 is 0 Å². The van der Waals surface area contributed by atoms with Gasteiger partial charge in [0.25, 0.3) is 0 Å². The van der Waals surface area contributed by atoms with Crippen molar-refractivity contribution < 1.29 is 0 Å². The van der Waals surface area contributed by atoms with Gasteiger partial charge < -0.3 is 4.98 Å². The van der Waals surface area contributed by atoms with E-state index in [0.717, 1.165) is 19.8 Å². The normalized spacial score (nSPS) is 15.2. The molecule has 2 heterocycles. The Morgan fingerprint density at radius 1 is 1.54 bits per heavy atom. The summed E-state index contributed by atoms with van der Waals surface area (Å²) < 4.78 is 1.06. The molecule has 0 amide bonds. The van der Waals surface area contributed by atoms with Crippen LogP contribution in [-0.4, -0.2) is 4.98 Å². The first-order chi connectivity index (χ1) is 6.20. The topological polar surface area (TPSA) is 28.1 Å². The fourth-order valence-electron chi connectivity index (χ4n) is 1.14. The second kappa shape index (κ2) is 3.31. The molecule has 1 aliphatic rings. The van der Waals surface area contributed by atoms with E-state index in [0.29, 0.717) is 5.03 Å². The molecule has 13 heavy (non-hydrogen) atoms. The Hall–Kier alpha value is -0.550. The monoisotopic (exact) mass is 304 g/mol. The zero-order chi connectivity index (χ0) is 9.42. The second-order valence-electron chi connectivity index (χ2n) is 2.64. The SMILES string of the molecule is C=C1C=CN=c2[nH]cc(I)c2=C1Cl. The highest BCUT2D eigenvalue weighted by Crippen LogP contribution is 2.15. The van der Waals surface area contributed by atoms with Crippen LogP contribution >= 0.6 is 34.2 Å². The van der Waals surface area contributed by atoms with Gasteiger partial charge in [-0.25, -0.2) is 4.99 Å². The quantitative estimate of drug-likeness (QED) is 0.706. The number of nitrogens with zero attached hydrogens (tertiary/aromatic N) is 1. The van der Waals surface area contributed by atoms with Crippen LogP contribution in [0.2, 0.25) is 0 Å². The molecule has 0 radical (unpaired) electrons. The number of aromatic nitrogens is 1. The minimum absolute atomic E-state index is 0.665. The smallest absolute Gasteiger partial charge is 0.139 e. The van der Waals surface area contributed by atoms with E-state index in [1.165, 1.54) is 0 Å². The molecular weight excluding hydrogens is 298 g/mol. The third kappa shape index (κ3) is 1.46. The summed E-state index contributed by atoms with van der Waals surface area (Å²) in [6.45, 7) is 3.84. The maximum Gasteiger partial charge on any atom is 0.139 e. The van der Waals surface area contributed by atoms with Crippen molar-refractivity contribution in [2.24, 2.45) is 4.99 Å². The fourth-order valence-corrected chi connectivity index (χ4v) is 2.23. The number of hydrogen-bond donors (Lipinski definition) is 1. The molecule has 0 bridgehead atoms. The molecule has 1 aromatic heterocycles. The number of allylic oxidation sites excluding steroid dienone is 2. The first-order valence-electron chi connectivity index (χ1n) is 3.66. The zero-order valence-corrected chi connectivity index (χ0v) is 9.56. The van der Waals surface area contributed by atoms with Gasteiger partial charge in [-0.15, -0.1) is 0 Å². The van der Waals surface area contributed by atoms with Crippen molar-refractivity contribution in [2.45, 2.75) is 0 Å². The molecule has 0 aliphatic carbocycles. The lowest BCUT2D eigenvalue weighted by Crippen LogP contribution is -2.25. The molecule has 0 fully saturated rings. The number of H-pyrrole nitrogens is 1. The summed E-state index contributed by atoms with van der Waals surface area (Å²) in [6.07, 6.45) is 5.37. The van der Waals surface area contributed by atoms with Crippen molar-refractivity contribution >= 4 is 39.2 Å². The molecule has 66 valence electrons. The molecular formula is C9H6ClIN2. The lowest BCUT2D eigenvalue weighted by atomic mass is 10.2. The summed E-state index contributed by atoms with van der Waals surface area (Å²) >= 11 is 8.35. The summed E-state index contributed by atoms with van der Waals surface area (Å²) in [4.78, 5) is 7.25. The van der Waals surface area contributed by atoms with Gasteiger partial charge in [-0.3, -0.25) is 0 Å². The maximum atomic E-state index is 6.13. The van der Waals surface area contributed by atoms with E-state index in [2.05, 4.69) is 39.1 Å². The molecule has 2 rings (SSSR count). The van der Waals surface area contributed by atoms with E-state index in [1.54, 1.807) is 12.3 Å². The van der Waals surface area contributed by atoms with Gasteiger partial charge in [-0.2, -0.15) is 0 Å². The van der Waals surface area contributed by atoms with Crippen molar-refractivity contribution in [1.82, 2.24) is 4.98 Å². The second-order valence-corrected chi connectivity index (χ2v) is 4.18. The minimum atomic E-state index is 0.665. The Labute approximate surface area is 93.9 Å². The Morgan fingerprint density at radius 2 is 2.31 bits per heavy atom. The standard InChI is InChI=1S/C9H6ClIN2/c1-5-2-3-12-9-7(8(5)10)6(11)4-13-9/h2-4H,1H2,(H,12,13). The lowest BCUT2D eigenvalue weighted by Gasteiger charge is -1.93. The predicted molar refractivity (Wildman–Crippen MR) is 61.8 cm³/mol. The molecule has 0 unspecified atom stereocenters. The number of fused-ring (bicyclic) bond motifs is 1. The van der Waals surface area contributed by atoms with Crippen LogP contribution in [0.5, 0.6) is 0 Å². The molecule has 1 N–H and O–H groups in total. The maximum absolute atomic E-state index is 6.13. The average molecular weight is 305 g/mol. The molecule has 2 nitrogen and oxygen atoms in total. The number of halogens is 2. The van der Waals surface area contributed by atoms with Gasteiger partial charge in [0.1, 0.15) is 5.49 Å². The summed E-state index contributed by atoms with van der Waals surface area (Å²) in [6, 6.07) is 0. The summed E-state index contributed by atoms with van der Waals surface area (Å²) in [5.74, 6) is 0. The highest BCUT2D eigenvalue weighted by Gasteiger charge is 2.06. The minimum Gasteiger partial charge on any atom is -0.345 e. The largest absolute Gasteiger partial charge is 0.345 e. The van der Waals surface area contributed by atoms with E-state index in [9.17, 15) is 0 Å². The van der Waals surface area contributed by atoms with Crippen molar-refractivity contribution in [3.63, 3.8) is 0 Å². The van der Waals surface area contributed by atoms with Gasteiger partial charge in [0, 0.05) is 16.0 Å². The Balaban J connectivity index is 2.98. The van der Waals surface area contributed by atoms with E-state index in [4.69, 9.17) is 11.6 Å². The molecule has 0 saturated heterocycles. The summed E-state index contributed by atoms with van der Waals surface area (Å²) in [5.41, 5.74) is 1.59. The molecule has 0 spiro atoms. The molecule has 1 aromatic rings. The molecule has 0 aromatic carbocycles. The first kappa shape index (κ1) is 9.02. The molecule has 0 atom stereocenters. The number of nitrogens with one attached hydrogen (secondary N) is 1. The van der Waals surface area contributed by atoms with Crippen LogP contribution in [0.15, 0.2) is 35.6 Å². The zero-order valence-electron chi connectivity index (χ0n) is 6.64. The molecule has 4 heteroatoms. The summed E-state index contributed by atoms with van der Waals surface area (Å²) in [5, 5.41) is 1.61. The van der Waals surface area contributed by atoms with E-state index >= 15 is 0 Å². The van der Waals surface area contributed by atoms with Crippen molar-refractivity contribution in [1.29, 1.82) is 0 Å². The van der Waals surface area contributed by atoms with Gasteiger partial charge >= 0.3 is 0 Å². The van der Waals surface area contributed by atoms with Crippen LogP contribution in [0.3, 0.4) is 0 Å². The first-order valence-corrected chi connectivity index (χ1v) is 5.12. The third-order valence-corrected chi connectivity index (χ3v) is 3.07. The molecule has 1 aliphatic heterocycles. The van der Waals surface area contributed by atoms with Crippen molar-refractivity contribution in [3.05, 3.63) is 44.9 Å². The van der Waals surface area contributed by atoms with Crippen LogP contribution < -0.4 is 10.7 Å². The Morgan fingerprint density at radius 3 is 3.08 bits per heavy atom.